The lowest BCUT2D eigenvalue weighted by atomic mass is 9.89. The smallest absolute Gasteiger partial charge is 0.100 e. The number of aromatic nitrogens is 2. The fourth-order valence-corrected chi connectivity index (χ4v) is 3.53. The fourth-order valence-electron chi connectivity index (χ4n) is 3.53. The van der Waals surface area contributed by atoms with Gasteiger partial charge in [0, 0.05) is 0 Å². The predicted octanol–water partition coefficient (Wildman–Crippen LogP) is 4.78. The fraction of sp³-hybridized carbons (Fsp3) is 0.682. The van der Waals surface area contributed by atoms with Gasteiger partial charge in [0.25, 0.3) is 0 Å². The number of para-hydroxylation sites is 2. The summed E-state index contributed by atoms with van der Waals surface area (Å²) in [6.45, 7) is 8.94. The lowest BCUT2D eigenvalue weighted by molar-refractivity contribution is -0.0748. The average Bonchev–Trinajstić information content (AvgIpc) is 2.97. The highest BCUT2D eigenvalue weighted by atomic mass is 16.3. The largest absolute Gasteiger partial charge is 0.388 e. The van der Waals surface area contributed by atoms with Gasteiger partial charge in [-0.25, -0.2) is 4.98 Å². The summed E-state index contributed by atoms with van der Waals surface area (Å²) in [7, 11) is 0. The van der Waals surface area contributed by atoms with Crippen LogP contribution < -0.4 is 0 Å². The number of rotatable bonds is 11. The van der Waals surface area contributed by atoms with Gasteiger partial charge in [-0.3, -0.25) is 0 Å². The van der Waals surface area contributed by atoms with Gasteiger partial charge < -0.3 is 14.8 Å². The van der Waals surface area contributed by atoms with Gasteiger partial charge in [0.15, 0.2) is 0 Å². The van der Waals surface area contributed by atoms with E-state index >= 15 is 0 Å². The number of fused-ring (bicyclic) bond motifs is 1. The number of aliphatic hydroxyl groups is 2. The predicted molar refractivity (Wildman–Crippen MR) is 108 cm³/mol. The van der Waals surface area contributed by atoms with Crippen molar-refractivity contribution in [3.63, 3.8) is 0 Å². The Balaban J connectivity index is 1.79. The van der Waals surface area contributed by atoms with Crippen LogP contribution in [0.25, 0.3) is 11.0 Å². The molecule has 1 heterocycles. The molecule has 3 atom stereocenters. The van der Waals surface area contributed by atoms with Crippen LogP contribution in [0, 0.1) is 11.8 Å². The zero-order valence-corrected chi connectivity index (χ0v) is 16.9. The summed E-state index contributed by atoms with van der Waals surface area (Å²) in [5, 5.41) is 21.3. The number of hydrogen-bond donors (Lipinski definition) is 2. The highest BCUT2D eigenvalue weighted by Crippen LogP contribution is 2.24. The first-order valence-corrected chi connectivity index (χ1v) is 10.1. The molecule has 2 rings (SSSR count). The molecule has 4 nitrogen and oxygen atoms in total. The first kappa shape index (κ1) is 20.9. The zero-order chi connectivity index (χ0) is 19.2. The Bertz CT molecular complexity index is 663. The molecule has 0 radical (unpaired) electrons. The number of hydrogen-bond acceptors (Lipinski definition) is 3. The molecule has 0 spiro atoms. The van der Waals surface area contributed by atoms with Crippen LogP contribution in [-0.4, -0.2) is 31.5 Å². The first-order valence-electron chi connectivity index (χ1n) is 10.1. The van der Waals surface area contributed by atoms with Crippen molar-refractivity contribution in [2.24, 2.45) is 11.8 Å². The number of benzene rings is 1. The van der Waals surface area contributed by atoms with Crippen molar-refractivity contribution in [3.05, 3.63) is 30.6 Å². The molecule has 146 valence electrons. The highest BCUT2D eigenvalue weighted by molar-refractivity contribution is 5.74. The van der Waals surface area contributed by atoms with Crippen molar-refractivity contribution in [2.45, 2.75) is 84.5 Å². The maximum atomic E-state index is 10.7. The molecule has 0 aliphatic carbocycles. The molecule has 0 aliphatic heterocycles. The lowest BCUT2D eigenvalue weighted by Gasteiger charge is -2.30. The molecule has 26 heavy (non-hydrogen) atoms. The standard InChI is InChI=1S/C22H36N2O2/c1-17(2)9-7-10-18(3)11-8-14-22(4,26)21(25)15-24-16-23-19-12-5-6-13-20(19)24/h5-6,12-13,16-18,21,25-26H,7-11,14-15H2,1-4H3. The van der Waals surface area contributed by atoms with E-state index in [9.17, 15) is 10.2 Å². The van der Waals surface area contributed by atoms with E-state index in [4.69, 9.17) is 0 Å². The van der Waals surface area contributed by atoms with Crippen LogP contribution in [0.5, 0.6) is 0 Å². The minimum atomic E-state index is -1.08. The van der Waals surface area contributed by atoms with Gasteiger partial charge >= 0.3 is 0 Å². The van der Waals surface area contributed by atoms with Crippen LogP contribution in [0.4, 0.5) is 0 Å². The van der Waals surface area contributed by atoms with Crippen LogP contribution in [0.1, 0.15) is 66.2 Å². The van der Waals surface area contributed by atoms with E-state index in [-0.39, 0.29) is 0 Å². The van der Waals surface area contributed by atoms with Crippen LogP contribution in [0.2, 0.25) is 0 Å². The van der Waals surface area contributed by atoms with E-state index in [1.54, 1.807) is 13.3 Å². The molecule has 0 fully saturated rings. The third kappa shape index (κ3) is 6.10. The van der Waals surface area contributed by atoms with E-state index in [0.29, 0.717) is 18.9 Å². The van der Waals surface area contributed by atoms with Gasteiger partial charge in [-0.15, -0.1) is 0 Å². The van der Waals surface area contributed by atoms with E-state index in [0.717, 1.165) is 29.8 Å². The summed E-state index contributed by atoms with van der Waals surface area (Å²) in [6, 6.07) is 7.86. The quantitative estimate of drug-likeness (QED) is 0.606. The first-order chi connectivity index (χ1) is 12.3. The van der Waals surface area contributed by atoms with Gasteiger partial charge in [-0.1, -0.05) is 65.0 Å². The third-order valence-corrected chi connectivity index (χ3v) is 5.47. The van der Waals surface area contributed by atoms with Crippen molar-refractivity contribution in [2.75, 3.05) is 0 Å². The van der Waals surface area contributed by atoms with Crippen LogP contribution in [0.15, 0.2) is 30.6 Å². The Morgan fingerprint density at radius 3 is 2.50 bits per heavy atom. The monoisotopic (exact) mass is 360 g/mol. The van der Waals surface area contributed by atoms with Gasteiger partial charge in [0.1, 0.15) is 6.10 Å². The number of imidazole rings is 1. The molecule has 0 saturated carbocycles. The summed E-state index contributed by atoms with van der Waals surface area (Å²) in [5.74, 6) is 1.46. The van der Waals surface area contributed by atoms with Crippen molar-refractivity contribution < 1.29 is 10.2 Å². The van der Waals surface area contributed by atoms with Gasteiger partial charge in [0.05, 0.1) is 29.5 Å². The second-order valence-corrected chi connectivity index (χ2v) is 8.58. The van der Waals surface area contributed by atoms with E-state index in [1.807, 2.05) is 28.8 Å². The van der Waals surface area contributed by atoms with Crippen molar-refractivity contribution >= 4 is 11.0 Å². The van der Waals surface area contributed by atoms with Gasteiger partial charge in [0.2, 0.25) is 0 Å². The van der Waals surface area contributed by atoms with E-state index in [2.05, 4.69) is 25.8 Å². The average molecular weight is 361 g/mol. The zero-order valence-electron chi connectivity index (χ0n) is 16.9. The molecule has 3 unspecified atom stereocenters. The molecule has 0 amide bonds. The molecule has 2 aromatic rings. The van der Waals surface area contributed by atoms with Crippen molar-refractivity contribution in [3.8, 4) is 0 Å². The van der Waals surface area contributed by atoms with Crippen molar-refractivity contribution in [1.82, 2.24) is 9.55 Å². The molecule has 1 aromatic heterocycles. The molecular weight excluding hydrogens is 324 g/mol. The summed E-state index contributed by atoms with van der Waals surface area (Å²) in [5.41, 5.74) is 0.818. The molecule has 0 aliphatic rings. The Kier molecular flexibility index (Phi) is 7.66. The summed E-state index contributed by atoms with van der Waals surface area (Å²) < 4.78 is 1.92. The van der Waals surface area contributed by atoms with Gasteiger partial charge in [-0.05, 0) is 37.3 Å². The molecule has 0 bridgehead atoms. The second-order valence-electron chi connectivity index (χ2n) is 8.58. The highest BCUT2D eigenvalue weighted by Gasteiger charge is 2.30. The SMILES string of the molecule is CC(C)CCCC(C)CCCC(C)(O)C(O)Cn1cnc2ccccc21. The van der Waals surface area contributed by atoms with E-state index in [1.165, 1.54) is 19.3 Å². The van der Waals surface area contributed by atoms with Crippen LogP contribution in [-0.2, 0) is 6.54 Å². The maximum absolute atomic E-state index is 10.7. The Morgan fingerprint density at radius 2 is 1.77 bits per heavy atom. The summed E-state index contributed by atoms with van der Waals surface area (Å²) >= 11 is 0. The molecule has 1 aromatic carbocycles. The molecule has 2 N–H and O–H groups in total. The van der Waals surface area contributed by atoms with Gasteiger partial charge in [-0.2, -0.15) is 0 Å². The molecule has 0 saturated heterocycles. The van der Waals surface area contributed by atoms with Crippen LogP contribution in [0.3, 0.4) is 0 Å². The second kappa shape index (κ2) is 9.52. The Morgan fingerprint density at radius 1 is 1.08 bits per heavy atom. The molecular formula is C22H36N2O2. The topological polar surface area (TPSA) is 58.3 Å². The lowest BCUT2D eigenvalue weighted by Crippen LogP contribution is -2.41. The summed E-state index contributed by atoms with van der Waals surface area (Å²) in [4.78, 5) is 4.35. The Labute approximate surface area is 158 Å². The normalized spacial score (nSPS) is 16.7. The minimum absolute atomic E-state index is 0.359. The number of aliphatic hydroxyl groups excluding tert-OH is 1. The Hall–Kier alpha value is -1.39. The van der Waals surface area contributed by atoms with Crippen molar-refractivity contribution in [1.29, 1.82) is 0 Å². The van der Waals surface area contributed by atoms with Crippen LogP contribution >= 0.6 is 0 Å². The maximum Gasteiger partial charge on any atom is 0.100 e. The van der Waals surface area contributed by atoms with E-state index < -0.39 is 11.7 Å². The summed E-state index contributed by atoms with van der Waals surface area (Å²) in [6.07, 6.45) is 7.42. The molecule has 4 heteroatoms. The minimum Gasteiger partial charge on any atom is -0.388 e. The third-order valence-electron chi connectivity index (χ3n) is 5.47. The number of nitrogens with zero attached hydrogens (tertiary/aromatic N) is 2.